The summed E-state index contributed by atoms with van der Waals surface area (Å²) in [4.78, 5) is 13.5. The van der Waals surface area contributed by atoms with Crippen LogP contribution in [0.15, 0.2) is 0 Å². The van der Waals surface area contributed by atoms with Crippen molar-refractivity contribution < 1.29 is 14.6 Å². The minimum absolute atomic E-state index is 0.0359. The Kier molecular flexibility index (Phi) is 6.37. The number of ether oxygens (including phenoxy) is 1. The van der Waals surface area contributed by atoms with Gasteiger partial charge in [-0.15, -0.1) is 0 Å². The summed E-state index contributed by atoms with van der Waals surface area (Å²) >= 11 is 0. The Bertz CT molecular complexity index is 211. The molecule has 1 aliphatic heterocycles. The molecule has 5 nitrogen and oxygen atoms in total. The van der Waals surface area contributed by atoms with E-state index in [9.17, 15) is 4.79 Å². The summed E-state index contributed by atoms with van der Waals surface area (Å²) in [5.74, 6) is 0.0359. The maximum Gasteiger partial charge on any atom is 0.234 e. The standard InChI is InChI=1S/C11H22N2O3/c1-2-3-4-12-11(15)7-13-5-6-16-9-10(13)8-14/h10,14H,2-9H2,1H3,(H,12,15). The van der Waals surface area contributed by atoms with E-state index in [1.54, 1.807) is 0 Å². The Morgan fingerprint density at radius 3 is 3.12 bits per heavy atom. The van der Waals surface area contributed by atoms with Crippen LogP contribution in [-0.4, -0.2) is 61.4 Å². The number of nitrogens with zero attached hydrogens (tertiary/aromatic N) is 1. The number of amides is 1. The summed E-state index contributed by atoms with van der Waals surface area (Å²) in [5.41, 5.74) is 0. The van der Waals surface area contributed by atoms with Crippen molar-refractivity contribution in [2.45, 2.75) is 25.8 Å². The van der Waals surface area contributed by atoms with Crippen LogP contribution in [0.5, 0.6) is 0 Å². The third-order valence-electron chi connectivity index (χ3n) is 2.76. The highest BCUT2D eigenvalue weighted by Gasteiger charge is 2.23. The van der Waals surface area contributed by atoms with E-state index in [1.807, 2.05) is 4.90 Å². The third-order valence-corrected chi connectivity index (χ3v) is 2.76. The summed E-state index contributed by atoms with van der Waals surface area (Å²) < 4.78 is 5.25. The quantitative estimate of drug-likeness (QED) is 0.609. The Balaban J connectivity index is 2.25. The fourth-order valence-electron chi connectivity index (χ4n) is 1.71. The van der Waals surface area contributed by atoms with Gasteiger partial charge in [0.25, 0.3) is 0 Å². The first-order valence-corrected chi connectivity index (χ1v) is 5.97. The largest absolute Gasteiger partial charge is 0.395 e. The number of aliphatic hydroxyl groups is 1. The van der Waals surface area contributed by atoms with Gasteiger partial charge in [-0.05, 0) is 6.42 Å². The van der Waals surface area contributed by atoms with Crippen molar-refractivity contribution in [1.29, 1.82) is 0 Å². The molecule has 0 radical (unpaired) electrons. The molecule has 1 heterocycles. The van der Waals surface area contributed by atoms with Gasteiger partial charge in [0.1, 0.15) is 0 Å². The molecule has 0 aromatic heterocycles. The SMILES string of the molecule is CCCCNC(=O)CN1CCOCC1CO. The molecule has 0 aliphatic carbocycles. The van der Waals surface area contributed by atoms with Crippen molar-refractivity contribution in [3.8, 4) is 0 Å². The minimum Gasteiger partial charge on any atom is -0.395 e. The van der Waals surface area contributed by atoms with E-state index in [-0.39, 0.29) is 18.6 Å². The molecule has 1 amide bonds. The molecule has 1 saturated heterocycles. The molecule has 0 saturated carbocycles. The van der Waals surface area contributed by atoms with Gasteiger partial charge in [-0.1, -0.05) is 13.3 Å². The lowest BCUT2D eigenvalue weighted by Gasteiger charge is -2.33. The predicted molar refractivity (Wildman–Crippen MR) is 61.2 cm³/mol. The second kappa shape index (κ2) is 7.60. The number of nitrogens with one attached hydrogen (secondary N) is 1. The summed E-state index contributed by atoms with van der Waals surface area (Å²) in [6.45, 7) is 5.10. The first kappa shape index (κ1) is 13.4. The normalized spacial score (nSPS) is 22.0. The van der Waals surface area contributed by atoms with Gasteiger partial charge in [0.2, 0.25) is 5.91 Å². The van der Waals surface area contributed by atoms with E-state index in [0.717, 1.165) is 19.4 Å². The Morgan fingerprint density at radius 2 is 2.44 bits per heavy atom. The average molecular weight is 230 g/mol. The van der Waals surface area contributed by atoms with Crippen LogP contribution < -0.4 is 5.32 Å². The zero-order valence-corrected chi connectivity index (χ0v) is 9.95. The van der Waals surface area contributed by atoms with Crippen molar-refractivity contribution >= 4 is 5.91 Å². The van der Waals surface area contributed by atoms with Crippen molar-refractivity contribution in [2.24, 2.45) is 0 Å². The number of hydrogen-bond donors (Lipinski definition) is 2. The molecule has 94 valence electrons. The van der Waals surface area contributed by atoms with Crippen LogP contribution in [-0.2, 0) is 9.53 Å². The molecule has 5 heteroatoms. The Labute approximate surface area is 96.8 Å². The van der Waals surface area contributed by atoms with Crippen LogP contribution in [0.4, 0.5) is 0 Å². The van der Waals surface area contributed by atoms with E-state index in [2.05, 4.69) is 12.2 Å². The molecule has 1 aliphatic rings. The zero-order valence-electron chi connectivity index (χ0n) is 9.95. The lowest BCUT2D eigenvalue weighted by molar-refractivity contribution is -0.125. The molecule has 16 heavy (non-hydrogen) atoms. The molecule has 0 spiro atoms. The number of hydrogen-bond acceptors (Lipinski definition) is 4. The summed E-state index contributed by atoms with van der Waals surface area (Å²) in [6, 6.07) is -0.0364. The lowest BCUT2D eigenvalue weighted by Crippen LogP contribution is -2.51. The Hall–Kier alpha value is -0.650. The monoisotopic (exact) mass is 230 g/mol. The Morgan fingerprint density at radius 1 is 1.62 bits per heavy atom. The smallest absolute Gasteiger partial charge is 0.234 e. The van der Waals surface area contributed by atoms with Gasteiger partial charge in [-0.3, -0.25) is 9.69 Å². The molecule has 1 rings (SSSR count). The number of rotatable bonds is 6. The molecule has 1 fully saturated rings. The van der Waals surface area contributed by atoms with Gasteiger partial charge in [-0.2, -0.15) is 0 Å². The average Bonchev–Trinajstić information content (AvgIpc) is 2.30. The second-order valence-electron chi connectivity index (χ2n) is 4.09. The first-order chi connectivity index (χ1) is 7.77. The molecule has 0 bridgehead atoms. The summed E-state index contributed by atoms with van der Waals surface area (Å²) in [6.07, 6.45) is 2.09. The predicted octanol–water partition coefficient (Wildman–Crippen LogP) is -0.404. The number of carbonyl (C=O) groups is 1. The molecule has 1 atom stereocenters. The molecule has 0 aromatic rings. The first-order valence-electron chi connectivity index (χ1n) is 5.97. The molecular weight excluding hydrogens is 208 g/mol. The van der Waals surface area contributed by atoms with E-state index in [1.165, 1.54) is 0 Å². The van der Waals surface area contributed by atoms with Crippen LogP contribution in [0.25, 0.3) is 0 Å². The van der Waals surface area contributed by atoms with Gasteiger partial charge in [0.05, 0.1) is 32.4 Å². The van der Waals surface area contributed by atoms with E-state index < -0.39 is 0 Å². The zero-order chi connectivity index (χ0) is 11.8. The molecule has 2 N–H and O–H groups in total. The van der Waals surface area contributed by atoms with Crippen molar-refractivity contribution in [1.82, 2.24) is 10.2 Å². The van der Waals surface area contributed by atoms with Gasteiger partial charge >= 0.3 is 0 Å². The highest BCUT2D eigenvalue weighted by Crippen LogP contribution is 2.05. The van der Waals surface area contributed by atoms with Gasteiger partial charge in [0.15, 0.2) is 0 Å². The van der Waals surface area contributed by atoms with Crippen LogP contribution in [0.1, 0.15) is 19.8 Å². The topological polar surface area (TPSA) is 61.8 Å². The minimum atomic E-state index is -0.0364. The van der Waals surface area contributed by atoms with Gasteiger partial charge in [-0.25, -0.2) is 0 Å². The molecular formula is C11H22N2O3. The highest BCUT2D eigenvalue weighted by atomic mass is 16.5. The molecule has 1 unspecified atom stereocenters. The fraction of sp³-hybridized carbons (Fsp3) is 0.909. The van der Waals surface area contributed by atoms with Crippen molar-refractivity contribution in [3.63, 3.8) is 0 Å². The van der Waals surface area contributed by atoms with Crippen molar-refractivity contribution in [3.05, 3.63) is 0 Å². The van der Waals surface area contributed by atoms with Crippen LogP contribution in [0.3, 0.4) is 0 Å². The van der Waals surface area contributed by atoms with Crippen molar-refractivity contribution in [2.75, 3.05) is 39.5 Å². The van der Waals surface area contributed by atoms with E-state index in [4.69, 9.17) is 9.84 Å². The molecule has 0 aromatic carbocycles. The van der Waals surface area contributed by atoms with Crippen LogP contribution >= 0.6 is 0 Å². The van der Waals surface area contributed by atoms with E-state index in [0.29, 0.717) is 26.3 Å². The maximum absolute atomic E-state index is 11.6. The van der Waals surface area contributed by atoms with Crippen LogP contribution in [0.2, 0.25) is 0 Å². The summed E-state index contributed by atoms with van der Waals surface area (Å²) in [5, 5.41) is 12.0. The van der Waals surface area contributed by atoms with Gasteiger partial charge in [0, 0.05) is 13.1 Å². The number of aliphatic hydroxyl groups excluding tert-OH is 1. The van der Waals surface area contributed by atoms with E-state index >= 15 is 0 Å². The number of carbonyl (C=O) groups excluding carboxylic acids is 1. The number of morpholine rings is 1. The maximum atomic E-state index is 11.6. The van der Waals surface area contributed by atoms with Crippen LogP contribution in [0, 0.1) is 0 Å². The summed E-state index contributed by atoms with van der Waals surface area (Å²) in [7, 11) is 0. The van der Waals surface area contributed by atoms with Gasteiger partial charge < -0.3 is 15.2 Å². The number of unbranched alkanes of at least 4 members (excludes halogenated alkanes) is 1. The lowest BCUT2D eigenvalue weighted by atomic mass is 10.2. The fourth-order valence-corrected chi connectivity index (χ4v) is 1.71. The second-order valence-corrected chi connectivity index (χ2v) is 4.09. The third kappa shape index (κ3) is 4.47. The highest BCUT2D eigenvalue weighted by molar-refractivity contribution is 5.78.